The van der Waals surface area contributed by atoms with Crippen LogP contribution in [0.4, 0.5) is 11.5 Å². The number of hydrogen-bond donors (Lipinski definition) is 2. The molecule has 2 aromatic heterocycles. The highest BCUT2D eigenvalue weighted by Crippen LogP contribution is 2.29. The molecule has 1 unspecified atom stereocenters. The molecule has 36 heavy (non-hydrogen) atoms. The predicted octanol–water partition coefficient (Wildman–Crippen LogP) is 3.32. The van der Waals surface area contributed by atoms with E-state index in [-0.39, 0.29) is 22.2 Å². The zero-order valence-corrected chi connectivity index (χ0v) is 22.1. The van der Waals surface area contributed by atoms with Crippen LogP contribution in [-0.4, -0.2) is 53.4 Å². The summed E-state index contributed by atoms with van der Waals surface area (Å²) in [5, 5.41) is 1.75. The van der Waals surface area contributed by atoms with Crippen LogP contribution in [0.25, 0.3) is 0 Å². The predicted molar refractivity (Wildman–Crippen MR) is 137 cm³/mol. The van der Waals surface area contributed by atoms with E-state index < -0.39 is 22.2 Å². The summed E-state index contributed by atoms with van der Waals surface area (Å²) < 4.78 is 27.6. The topological polar surface area (TPSA) is 130 Å². The number of aromatic nitrogens is 3. The second-order valence-corrected chi connectivity index (χ2v) is 10.3. The molecule has 0 saturated heterocycles. The van der Waals surface area contributed by atoms with Gasteiger partial charge in [-0.25, -0.2) is 38.0 Å². The molecule has 1 aromatic carbocycles. The van der Waals surface area contributed by atoms with E-state index in [0.717, 1.165) is 0 Å². The molecule has 0 aliphatic carbocycles. The summed E-state index contributed by atoms with van der Waals surface area (Å²) >= 11 is 6.15. The number of halogens is 1. The maximum absolute atomic E-state index is 13.2. The number of nitrogens with zero attached hydrogens (tertiary/aromatic N) is 5. The number of amides is 1. The summed E-state index contributed by atoms with van der Waals surface area (Å²) in [6.45, 7) is 7.20. The summed E-state index contributed by atoms with van der Waals surface area (Å²) in [6.07, 6.45) is 2.11. The molecule has 1 amide bonds. The van der Waals surface area contributed by atoms with Crippen LogP contribution in [0.5, 0.6) is 0 Å². The molecule has 2 heterocycles. The highest BCUT2D eigenvalue weighted by molar-refractivity contribution is 7.89. The summed E-state index contributed by atoms with van der Waals surface area (Å²) in [5.41, 5.74) is 6.71. The molecule has 11 nitrogen and oxygen atoms in total. The zero-order chi connectivity index (χ0) is 26.5. The van der Waals surface area contributed by atoms with Gasteiger partial charge in [0.2, 0.25) is 10.0 Å². The molecule has 0 spiro atoms. The Morgan fingerprint density at radius 2 is 1.94 bits per heavy atom. The Kier molecular flexibility index (Phi) is 8.79. The molecule has 3 rings (SSSR count). The molecule has 1 atom stereocenters. The number of nitrogens with one attached hydrogen (secondary N) is 2. The number of hydroxylamine groups is 1. The summed E-state index contributed by atoms with van der Waals surface area (Å²) in [7, 11) is -2.38. The van der Waals surface area contributed by atoms with Crippen LogP contribution in [0.2, 0.25) is 5.02 Å². The molecule has 0 bridgehead atoms. The van der Waals surface area contributed by atoms with E-state index in [4.69, 9.17) is 16.4 Å². The fourth-order valence-electron chi connectivity index (χ4n) is 3.17. The number of hydrogen-bond acceptors (Lipinski definition) is 9. The third kappa shape index (κ3) is 6.46. The number of aryl methyl sites for hydroxylation is 2. The van der Waals surface area contributed by atoms with E-state index in [0.29, 0.717) is 22.9 Å². The average molecular weight is 534 g/mol. The molecule has 0 aliphatic heterocycles. The smallest absolute Gasteiger partial charge is 0.276 e. The lowest BCUT2D eigenvalue weighted by Gasteiger charge is -2.32. The van der Waals surface area contributed by atoms with Gasteiger partial charge in [0.15, 0.2) is 12.0 Å². The molecule has 0 fully saturated rings. The molecule has 13 heteroatoms. The highest BCUT2D eigenvalue weighted by Gasteiger charge is 2.27. The van der Waals surface area contributed by atoms with Crippen molar-refractivity contribution in [1.29, 1.82) is 0 Å². The number of carbonyl (C=O) groups excluding carboxylic acids is 1. The monoisotopic (exact) mass is 533 g/mol. The average Bonchev–Trinajstić information content (AvgIpc) is 2.85. The Balaban J connectivity index is 1.98. The summed E-state index contributed by atoms with van der Waals surface area (Å²) in [4.78, 5) is 30.8. The molecule has 3 aromatic rings. The van der Waals surface area contributed by atoms with E-state index >= 15 is 0 Å². The fourth-order valence-corrected chi connectivity index (χ4v) is 4.75. The normalized spacial score (nSPS) is 12.3. The Morgan fingerprint density at radius 3 is 2.58 bits per heavy atom. The fraction of sp³-hybridized carbons (Fsp3) is 0.304. The van der Waals surface area contributed by atoms with Gasteiger partial charge in [0, 0.05) is 42.8 Å². The van der Waals surface area contributed by atoms with Crippen molar-refractivity contribution in [2.75, 3.05) is 24.0 Å². The SMILES string of the molecule is CCN(C)S(=O)(=O)c1cc(Cl)ccc1NN(c1cc(C)nc(C)n1)C(C)ONC(=O)c1cccnc1. The van der Waals surface area contributed by atoms with Crippen LogP contribution in [0.1, 0.15) is 35.7 Å². The van der Waals surface area contributed by atoms with Crippen LogP contribution < -0.4 is 15.9 Å². The first-order valence-electron chi connectivity index (χ1n) is 11.0. The van der Waals surface area contributed by atoms with Crippen LogP contribution in [0.3, 0.4) is 0 Å². The van der Waals surface area contributed by atoms with Gasteiger partial charge < -0.3 is 0 Å². The zero-order valence-electron chi connectivity index (χ0n) is 20.6. The number of hydrazine groups is 1. The van der Waals surface area contributed by atoms with Gasteiger partial charge in [0.1, 0.15) is 10.7 Å². The van der Waals surface area contributed by atoms with Crippen LogP contribution in [-0.2, 0) is 14.9 Å². The van der Waals surface area contributed by atoms with Crippen molar-refractivity contribution >= 4 is 39.0 Å². The van der Waals surface area contributed by atoms with Gasteiger partial charge in [-0.3, -0.25) is 15.2 Å². The van der Waals surface area contributed by atoms with Gasteiger partial charge in [-0.2, -0.15) is 0 Å². The number of anilines is 2. The van der Waals surface area contributed by atoms with E-state index in [1.807, 2.05) is 0 Å². The molecule has 0 aliphatic rings. The van der Waals surface area contributed by atoms with Crippen molar-refractivity contribution in [2.24, 2.45) is 0 Å². The maximum atomic E-state index is 13.2. The Hall–Kier alpha value is -3.32. The minimum absolute atomic E-state index is 0.0292. The molecule has 192 valence electrons. The minimum atomic E-state index is -3.86. The van der Waals surface area contributed by atoms with Crippen molar-refractivity contribution in [3.63, 3.8) is 0 Å². The van der Waals surface area contributed by atoms with Gasteiger partial charge >= 0.3 is 0 Å². The van der Waals surface area contributed by atoms with E-state index in [9.17, 15) is 13.2 Å². The number of benzene rings is 1. The number of carbonyl (C=O) groups is 1. The van der Waals surface area contributed by atoms with Crippen LogP contribution >= 0.6 is 11.6 Å². The molecule has 2 N–H and O–H groups in total. The minimum Gasteiger partial charge on any atom is -0.293 e. The van der Waals surface area contributed by atoms with Crippen molar-refractivity contribution in [2.45, 2.75) is 38.8 Å². The third-order valence-electron chi connectivity index (χ3n) is 5.13. The lowest BCUT2D eigenvalue weighted by Crippen LogP contribution is -2.45. The lowest BCUT2D eigenvalue weighted by molar-refractivity contribution is -0.00724. The van der Waals surface area contributed by atoms with E-state index in [1.165, 1.54) is 28.6 Å². The van der Waals surface area contributed by atoms with Crippen molar-refractivity contribution in [3.8, 4) is 0 Å². The first-order chi connectivity index (χ1) is 17.0. The van der Waals surface area contributed by atoms with E-state index in [2.05, 4.69) is 25.9 Å². The van der Waals surface area contributed by atoms with Crippen molar-refractivity contribution in [3.05, 3.63) is 70.9 Å². The molecular formula is C23H28ClN7O4S. The van der Waals surface area contributed by atoms with Gasteiger partial charge in [0.05, 0.1) is 11.3 Å². The Morgan fingerprint density at radius 1 is 1.19 bits per heavy atom. The highest BCUT2D eigenvalue weighted by atomic mass is 35.5. The Labute approximate surface area is 215 Å². The maximum Gasteiger partial charge on any atom is 0.276 e. The first-order valence-corrected chi connectivity index (χ1v) is 12.8. The van der Waals surface area contributed by atoms with Crippen LogP contribution in [0, 0.1) is 13.8 Å². The first kappa shape index (κ1) is 27.3. The van der Waals surface area contributed by atoms with Crippen LogP contribution in [0.15, 0.2) is 53.7 Å². The van der Waals surface area contributed by atoms with Gasteiger partial charge in [-0.15, -0.1) is 0 Å². The second kappa shape index (κ2) is 11.6. The quantitative estimate of drug-likeness (QED) is 0.297. The lowest BCUT2D eigenvalue weighted by atomic mass is 10.3. The summed E-state index contributed by atoms with van der Waals surface area (Å²) in [6, 6.07) is 9.42. The van der Waals surface area contributed by atoms with Crippen molar-refractivity contribution < 1.29 is 18.0 Å². The second-order valence-electron chi connectivity index (χ2n) is 7.85. The molecular weight excluding hydrogens is 506 g/mol. The van der Waals surface area contributed by atoms with Gasteiger partial charge in [-0.05, 0) is 51.1 Å². The number of rotatable bonds is 10. The van der Waals surface area contributed by atoms with Gasteiger partial charge in [0.25, 0.3) is 5.91 Å². The Bertz CT molecular complexity index is 1310. The number of pyridine rings is 1. The van der Waals surface area contributed by atoms with Gasteiger partial charge in [-0.1, -0.05) is 18.5 Å². The third-order valence-corrected chi connectivity index (χ3v) is 7.33. The van der Waals surface area contributed by atoms with Crippen molar-refractivity contribution in [1.82, 2.24) is 24.7 Å². The molecule has 0 radical (unpaired) electrons. The molecule has 0 saturated carbocycles. The number of sulfonamides is 1. The standard InChI is InChI=1S/C23H28ClN7O4S/c1-6-30(5)36(33,34)21-13-19(24)9-10-20(21)28-31(22-12-15(2)26-16(3)27-22)17(4)35-29-23(32)18-8-7-11-25-14-18/h7-14,17,28H,6H2,1-5H3,(H,29,32). The van der Waals surface area contributed by atoms with E-state index in [1.54, 1.807) is 64.2 Å². The summed E-state index contributed by atoms with van der Waals surface area (Å²) in [5.74, 6) is 0.396. The largest absolute Gasteiger partial charge is 0.293 e.